The molecule has 0 bridgehead atoms. The van der Waals surface area contributed by atoms with Gasteiger partial charge in [0, 0.05) is 71.8 Å². The standard InChI is InChI=1S/C19H33N7OS/c1-5-15-22-18(28-23-15)26-12-10-25(11-13-26)17(20-2)21-14-19(8-6-7-9-19)16(27)24(3)4/h5-14H2,1-4H3,(H,20,21). The molecule has 1 aliphatic heterocycles. The van der Waals surface area contributed by atoms with Crippen molar-refractivity contribution in [1.82, 2.24) is 24.5 Å². The highest BCUT2D eigenvalue weighted by molar-refractivity contribution is 7.09. The van der Waals surface area contributed by atoms with E-state index in [2.05, 4.69) is 36.4 Å². The number of amides is 1. The van der Waals surface area contributed by atoms with Crippen molar-refractivity contribution in [3.8, 4) is 0 Å². The molecule has 1 aliphatic carbocycles. The van der Waals surface area contributed by atoms with E-state index in [1.54, 1.807) is 4.90 Å². The Morgan fingerprint density at radius 1 is 1.25 bits per heavy atom. The second-order valence-electron chi connectivity index (χ2n) is 7.91. The maximum atomic E-state index is 12.8. The normalized spacial score (nSPS) is 19.8. The van der Waals surface area contributed by atoms with Crippen LogP contribution in [-0.4, -0.2) is 84.9 Å². The molecule has 1 N–H and O–H groups in total. The number of carbonyl (C=O) groups excluding carboxylic acids is 1. The Hall–Kier alpha value is -1.90. The average Bonchev–Trinajstić information content (AvgIpc) is 3.38. The van der Waals surface area contributed by atoms with Crippen molar-refractivity contribution in [2.75, 3.05) is 58.8 Å². The van der Waals surface area contributed by atoms with Gasteiger partial charge in [0.15, 0.2) is 5.96 Å². The third kappa shape index (κ3) is 4.39. The first kappa shape index (κ1) is 20.8. The second-order valence-corrected chi connectivity index (χ2v) is 8.64. The van der Waals surface area contributed by atoms with Crippen molar-refractivity contribution in [3.05, 3.63) is 5.82 Å². The van der Waals surface area contributed by atoms with E-state index < -0.39 is 0 Å². The summed E-state index contributed by atoms with van der Waals surface area (Å²) in [5, 5.41) is 4.52. The SMILES string of the molecule is CCc1nsc(N2CCN(C(=NC)NCC3(C(=O)N(C)C)CCCC3)CC2)n1. The monoisotopic (exact) mass is 407 g/mol. The zero-order chi connectivity index (χ0) is 20.1. The van der Waals surface area contributed by atoms with Crippen molar-refractivity contribution in [2.45, 2.75) is 39.0 Å². The van der Waals surface area contributed by atoms with Gasteiger partial charge in [-0.25, -0.2) is 4.98 Å². The maximum absolute atomic E-state index is 12.8. The van der Waals surface area contributed by atoms with Crippen LogP contribution in [0.5, 0.6) is 0 Å². The van der Waals surface area contributed by atoms with Crippen molar-refractivity contribution in [3.63, 3.8) is 0 Å². The van der Waals surface area contributed by atoms with Crippen molar-refractivity contribution >= 4 is 28.5 Å². The molecular formula is C19H33N7OS. The molecular weight excluding hydrogens is 374 g/mol. The van der Waals surface area contributed by atoms with Gasteiger partial charge in [-0.2, -0.15) is 4.37 Å². The third-order valence-corrected chi connectivity index (χ3v) is 6.66. The minimum absolute atomic E-state index is 0.237. The largest absolute Gasteiger partial charge is 0.355 e. The summed E-state index contributed by atoms with van der Waals surface area (Å²) in [6.07, 6.45) is 5.04. The Morgan fingerprint density at radius 3 is 2.46 bits per heavy atom. The Bertz CT molecular complexity index is 688. The smallest absolute Gasteiger partial charge is 0.230 e. The van der Waals surface area contributed by atoms with E-state index >= 15 is 0 Å². The molecule has 1 aromatic rings. The summed E-state index contributed by atoms with van der Waals surface area (Å²) in [5.74, 6) is 2.05. The molecule has 156 valence electrons. The number of piperazine rings is 1. The zero-order valence-corrected chi connectivity index (χ0v) is 18.4. The average molecular weight is 408 g/mol. The molecule has 3 rings (SSSR count). The van der Waals surface area contributed by atoms with Crippen LogP contribution in [0.3, 0.4) is 0 Å². The molecule has 0 unspecified atom stereocenters. The van der Waals surface area contributed by atoms with Crippen LogP contribution in [0.4, 0.5) is 5.13 Å². The highest BCUT2D eigenvalue weighted by Gasteiger charge is 2.42. The second kappa shape index (κ2) is 9.07. The molecule has 1 saturated carbocycles. The van der Waals surface area contributed by atoms with Crippen molar-refractivity contribution in [2.24, 2.45) is 10.4 Å². The van der Waals surface area contributed by atoms with Gasteiger partial charge < -0.3 is 20.0 Å². The van der Waals surface area contributed by atoms with Gasteiger partial charge in [-0.05, 0) is 12.8 Å². The molecule has 2 fully saturated rings. The van der Waals surface area contributed by atoms with Crippen LogP contribution in [0, 0.1) is 5.41 Å². The van der Waals surface area contributed by atoms with E-state index in [0.717, 1.165) is 75.2 Å². The molecule has 0 aromatic carbocycles. The molecule has 2 aliphatic rings. The van der Waals surface area contributed by atoms with Gasteiger partial charge in [0.05, 0.1) is 5.41 Å². The highest BCUT2D eigenvalue weighted by atomic mass is 32.1. The first-order valence-electron chi connectivity index (χ1n) is 10.2. The predicted molar refractivity (Wildman–Crippen MR) is 114 cm³/mol. The van der Waals surface area contributed by atoms with Gasteiger partial charge >= 0.3 is 0 Å². The summed E-state index contributed by atoms with van der Waals surface area (Å²) in [4.78, 5) is 28.2. The molecule has 1 amide bonds. The molecule has 1 saturated heterocycles. The number of aryl methyl sites for hydroxylation is 1. The van der Waals surface area contributed by atoms with Crippen molar-refractivity contribution < 1.29 is 4.79 Å². The number of nitrogens with one attached hydrogen (secondary N) is 1. The first-order chi connectivity index (χ1) is 13.5. The van der Waals surface area contributed by atoms with E-state index in [9.17, 15) is 4.79 Å². The van der Waals surface area contributed by atoms with Crippen LogP contribution in [-0.2, 0) is 11.2 Å². The fourth-order valence-electron chi connectivity index (χ4n) is 4.20. The highest BCUT2D eigenvalue weighted by Crippen LogP contribution is 2.39. The van der Waals surface area contributed by atoms with E-state index in [1.807, 2.05) is 21.1 Å². The lowest BCUT2D eigenvalue weighted by molar-refractivity contribution is -0.138. The molecule has 28 heavy (non-hydrogen) atoms. The minimum Gasteiger partial charge on any atom is -0.355 e. The molecule has 0 atom stereocenters. The number of nitrogens with zero attached hydrogens (tertiary/aromatic N) is 6. The van der Waals surface area contributed by atoms with Crippen LogP contribution < -0.4 is 10.2 Å². The van der Waals surface area contributed by atoms with Gasteiger partial charge in [0.1, 0.15) is 5.82 Å². The Balaban J connectivity index is 1.56. The quantitative estimate of drug-likeness (QED) is 0.588. The van der Waals surface area contributed by atoms with Gasteiger partial charge in [0.2, 0.25) is 11.0 Å². The van der Waals surface area contributed by atoms with E-state index in [-0.39, 0.29) is 11.3 Å². The lowest BCUT2D eigenvalue weighted by Crippen LogP contribution is -2.55. The molecule has 0 radical (unpaired) electrons. The number of rotatable bonds is 5. The minimum atomic E-state index is -0.287. The zero-order valence-electron chi connectivity index (χ0n) is 17.6. The summed E-state index contributed by atoms with van der Waals surface area (Å²) >= 11 is 1.49. The fraction of sp³-hybridized carbons (Fsp3) is 0.789. The van der Waals surface area contributed by atoms with Gasteiger partial charge in [0.25, 0.3) is 0 Å². The van der Waals surface area contributed by atoms with Gasteiger partial charge in [-0.3, -0.25) is 9.79 Å². The van der Waals surface area contributed by atoms with Crippen LogP contribution in [0.25, 0.3) is 0 Å². The van der Waals surface area contributed by atoms with Crippen LogP contribution in [0.2, 0.25) is 0 Å². The summed E-state index contributed by atoms with van der Waals surface area (Å²) in [6, 6.07) is 0. The lowest BCUT2D eigenvalue weighted by Gasteiger charge is -2.38. The molecule has 8 nitrogen and oxygen atoms in total. The molecule has 1 aromatic heterocycles. The fourth-order valence-corrected chi connectivity index (χ4v) is 5.00. The molecule has 9 heteroatoms. The number of aliphatic imine (C=N–C) groups is 1. The molecule has 0 spiro atoms. The Kier molecular flexibility index (Phi) is 6.74. The predicted octanol–water partition coefficient (Wildman–Crippen LogP) is 1.45. The topological polar surface area (TPSA) is 77.0 Å². The maximum Gasteiger partial charge on any atom is 0.230 e. The van der Waals surface area contributed by atoms with Crippen LogP contribution in [0.1, 0.15) is 38.4 Å². The van der Waals surface area contributed by atoms with Crippen molar-refractivity contribution in [1.29, 1.82) is 0 Å². The van der Waals surface area contributed by atoms with E-state index in [0.29, 0.717) is 6.54 Å². The first-order valence-corrected chi connectivity index (χ1v) is 11.0. The Morgan fingerprint density at radius 2 is 1.93 bits per heavy atom. The number of aromatic nitrogens is 2. The van der Waals surface area contributed by atoms with Gasteiger partial charge in [-0.1, -0.05) is 19.8 Å². The summed E-state index contributed by atoms with van der Waals surface area (Å²) in [6.45, 7) is 6.32. The number of hydrogen-bond donors (Lipinski definition) is 1. The summed E-state index contributed by atoms with van der Waals surface area (Å²) in [7, 11) is 5.53. The number of anilines is 1. The van der Waals surface area contributed by atoms with E-state index in [1.165, 1.54) is 11.5 Å². The van der Waals surface area contributed by atoms with E-state index in [4.69, 9.17) is 0 Å². The molecule has 2 heterocycles. The number of hydrogen-bond acceptors (Lipinski definition) is 6. The van der Waals surface area contributed by atoms with Crippen LogP contribution in [0.15, 0.2) is 4.99 Å². The number of carbonyl (C=O) groups is 1. The summed E-state index contributed by atoms with van der Waals surface area (Å²) < 4.78 is 4.40. The van der Waals surface area contributed by atoms with Gasteiger partial charge in [-0.15, -0.1) is 0 Å². The Labute approximate surface area is 172 Å². The van der Waals surface area contributed by atoms with Crippen LogP contribution >= 0.6 is 11.5 Å². The third-order valence-electron chi connectivity index (χ3n) is 5.84. The summed E-state index contributed by atoms with van der Waals surface area (Å²) in [5.41, 5.74) is -0.287. The lowest BCUT2D eigenvalue weighted by atomic mass is 9.84. The number of guanidine groups is 1.